The van der Waals surface area contributed by atoms with Gasteiger partial charge in [-0.25, -0.2) is 4.39 Å². The average Bonchev–Trinajstić information content (AvgIpc) is 2.42. The number of anilines is 1. The summed E-state index contributed by atoms with van der Waals surface area (Å²) in [7, 11) is 0. The summed E-state index contributed by atoms with van der Waals surface area (Å²) in [6.45, 7) is 5.93. The molecule has 2 rings (SSSR count). The van der Waals surface area contributed by atoms with Crippen LogP contribution in [0.3, 0.4) is 0 Å². The van der Waals surface area contributed by atoms with Crippen LogP contribution in [0.25, 0.3) is 6.08 Å². The molecule has 0 unspecified atom stereocenters. The van der Waals surface area contributed by atoms with Gasteiger partial charge < -0.3 is 5.32 Å². The maximum absolute atomic E-state index is 13.5. The van der Waals surface area contributed by atoms with Crippen molar-refractivity contribution in [2.75, 3.05) is 5.32 Å². The van der Waals surface area contributed by atoms with Crippen LogP contribution in [0.5, 0.6) is 0 Å². The lowest BCUT2D eigenvalue weighted by molar-refractivity contribution is -0.111. The third-order valence-electron chi connectivity index (χ3n) is 3.24. The van der Waals surface area contributed by atoms with Crippen LogP contribution in [0.4, 0.5) is 10.1 Å². The Kier molecular flexibility index (Phi) is 4.53. The van der Waals surface area contributed by atoms with Crippen LogP contribution in [-0.2, 0) is 4.79 Å². The molecule has 1 amide bonds. The molecule has 0 aliphatic heterocycles. The van der Waals surface area contributed by atoms with Crippen molar-refractivity contribution < 1.29 is 9.18 Å². The van der Waals surface area contributed by atoms with E-state index in [-0.39, 0.29) is 11.7 Å². The summed E-state index contributed by atoms with van der Waals surface area (Å²) in [5, 5.41) is 2.85. The maximum atomic E-state index is 13.5. The van der Waals surface area contributed by atoms with Crippen molar-refractivity contribution in [3.8, 4) is 0 Å². The van der Waals surface area contributed by atoms with E-state index in [1.54, 1.807) is 18.2 Å². The Bertz CT molecular complexity index is 681. The van der Waals surface area contributed by atoms with E-state index < -0.39 is 0 Å². The molecule has 0 fully saturated rings. The Balaban J connectivity index is 2.15. The van der Waals surface area contributed by atoms with E-state index in [4.69, 9.17) is 0 Å². The summed E-state index contributed by atoms with van der Waals surface area (Å²) in [6, 6.07) is 10.4. The summed E-state index contributed by atoms with van der Waals surface area (Å²) in [5.74, 6) is -0.613. The van der Waals surface area contributed by atoms with Crippen LogP contribution in [0.1, 0.15) is 22.3 Å². The number of halogens is 1. The Morgan fingerprint density at radius 1 is 1.10 bits per heavy atom. The Labute approximate surface area is 124 Å². The fourth-order valence-corrected chi connectivity index (χ4v) is 2.32. The second kappa shape index (κ2) is 6.35. The number of hydrogen-bond acceptors (Lipinski definition) is 1. The van der Waals surface area contributed by atoms with Gasteiger partial charge in [-0.1, -0.05) is 35.9 Å². The van der Waals surface area contributed by atoms with E-state index in [0.717, 1.165) is 22.4 Å². The summed E-state index contributed by atoms with van der Waals surface area (Å²) in [5.41, 5.74) is 4.39. The van der Waals surface area contributed by atoms with Crippen LogP contribution >= 0.6 is 0 Å². The SMILES string of the molecule is Cc1cc(C)c(NC(=O)/C=C/c2ccccc2F)c(C)c1. The number of carbonyl (C=O) groups excluding carboxylic acids is 1. The highest BCUT2D eigenvalue weighted by Crippen LogP contribution is 2.22. The average molecular weight is 283 g/mol. The minimum Gasteiger partial charge on any atom is -0.322 e. The lowest BCUT2D eigenvalue weighted by Crippen LogP contribution is -2.10. The monoisotopic (exact) mass is 283 g/mol. The van der Waals surface area contributed by atoms with Gasteiger partial charge in [0.25, 0.3) is 0 Å². The van der Waals surface area contributed by atoms with Gasteiger partial charge in [0, 0.05) is 17.3 Å². The van der Waals surface area contributed by atoms with E-state index in [1.165, 1.54) is 18.2 Å². The molecular weight excluding hydrogens is 265 g/mol. The number of carbonyl (C=O) groups is 1. The molecule has 1 N–H and O–H groups in total. The van der Waals surface area contributed by atoms with Crippen molar-refractivity contribution in [3.63, 3.8) is 0 Å². The fourth-order valence-electron chi connectivity index (χ4n) is 2.32. The minimum absolute atomic E-state index is 0.270. The first-order valence-corrected chi connectivity index (χ1v) is 6.79. The molecule has 0 aromatic heterocycles. The molecule has 0 heterocycles. The number of aryl methyl sites for hydroxylation is 3. The second-order valence-corrected chi connectivity index (χ2v) is 5.12. The molecule has 2 nitrogen and oxygen atoms in total. The molecule has 0 saturated carbocycles. The van der Waals surface area contributed by atoms with E-state index in [1.807, 2.05) is 32.9 Å². The molecule has 0 bridgehead atoms. The zero-order valence-corrected chi connectivity index (χ0v) is 12.4. The van der Waals surface area contributed by atoms with Gasteiger partial charge in [-0.3, -0.25) is 4.79 Å². The molecule has 0 aliphatic carbocycles. The third-order valence-corrected chi connectivity index (χ3v) is 3.24. The first-order chi connectivity index (χ1) is 9.97. The molecule has 0 spiro atoms. The van der Waals surface area contributed by atoms with Crippen molar-refractivity contribution in [1.82, 2.24) is 0 Å². The molecule has 0 aliphatic rings. The van der Waals surface area contributed by atoms with Gasteiger partial charge in [-0.05, 0) is 44.0 Å². The molecule has 2 aromatic carbocycles. The molecule has 0 atom stereocenters. The topological polar surface area (TPSA) is 29.1 Å². The quantitative estimate of drug-likeness (QED) is 0.831. The fraction of sp³-hybridized carbons (Fsp3) is 0.167. The summed E-state index contributed by atoms with van der Waals surface area (Å²) in [4.78, 5) is 12.0. The maximum Gasteiger partial charge on any atom is 0.248 e. The van der Waals surface area contributed by atoms with Gasteiger partial charge in [-0.15, -0.1) is 0 Å². The van der Waals surface area contributed by atoms with Crippen molar-refractivity contribution >= 4 is 17.7 Å². The first-order valence-electron chi connectivity index (χ1n) is 6.79. The lowest BCUT2D eigenvalue weighted by atomic mass is 10.1. The van der Waals surface area contributed by atoms with Gasteiger partial charge in [0.05, 0.1) is 0 Å². The predicted molar refractivity (Wildman–Crippen MR) is 84.7 cm³/mol. The zero-order chi connectivity index (χ0) is 15.4. The zero-order valence-electron chi connectivity index (χ0n) is 12.4. The van der Waals surface area contributed by atoms with E-state index in [9.17, 15) is 9.18 Å². The van der Waals surface area contributed by atoms with Gasteiger partial charge in [0.1, 0.15) is 5.82 Å². The van der Waals surface area contributed by atoms with Crippen molar-refractivity contribution in [2.45, 2.75) is 20.8 Å². The molecule has 3 heteroatoms. The lowest BCUT2D eigenvalue weighted by Gasteiger charge is -2.11. The first kappa shape index (κ1) is 15.0. The van der Waals surface area contributed by atoms with Crippen molar-refractivity contribution in [2.24, 2.45) is 0 Å². The number of benzene rings is 2. The van der Waals surface area contributed by atoms with Gasteiger partial charge in [0.15, 0.2) is 0 Å². The molecule has 2 aromatic rings. The summed E-state index contributed by atoms with van der Waals surface area (Å²) in [6.07, 6.45) is 2.82. The minimum atomic E-state index is -0.343. The number of hydrogen-bond donors (Lipinski definition) is 1. The Morgan fingerprint density at radius 2 is 1.71 bits per heavy atom. The highest BCUT2D eigenvalue weighted by Gasteiger charge is 2.06. The van der Waals surface area contributed by atoms with Crippen LogP contribution < -0.4 is 5.32 Å². The molecule has 0 saturated heterocycles. The van der Waals surface area contributed by atoms with Gasteiger partial charge >= 0.3 is 0 Å². The van der Waals surface area contributed by atoms with Crippen LogP contribution in [-0.4, -0.2) is 5.91 Å². The highest BCUT2D eigenvalue weighted by molar-refractivity contribution is 6.02. The highest BCUT2D eigenvalue weighted by atomic mass is 19.1. The van der Waals surface area contributed by atoms with E-state index in [2.05, 4.69) is 5.32 Å². The van der Waals surface area contributed by atoms with Crippen LogP contribution in [0, 0.1) is 26.6 Å². The predicted octanol–water partition coefficient (Wildman–Crippen LogP) is 4.40. The molecular formula is C18H18FNO. The standard InChI is InChI=1S/C18H18FNO/c1-12-10-13(2)18(14(3)11-12)20-17(21)9-8-15-6-4-5-7-16(15)19/h4-11H,1-3H3,(H,20,21)/b9-8+. The summed E-state index contributed by atoms with van der Waals surface area (Å²) >= 11 is 0. The van der Waals surface area contributed by atoms with Crippen LogP contribution in [0.15, 0.2) is 42.5 Å². The van der Waals surface area contributed by atoms with E-state index in [0.29, 0.717) is 5.56 Å². The largest absolute Gasteiger partial charge is 0.322 e. The Morgan fingerprint density at radius 3 is 2.33 bits per heavy atom. The van der Waals surface area contributed by atoms with Crippen molar-refractivity contribution in [3.05, 3.63) is 70.5 Å². The number of amides is 1. The summed E-state index contributed by atoms with van der Waals surface area (Å²) < 4.78 is 13.5. The van der Waals surface area contributed by atoms with Crippen LogP contribution in [0.2, 0.25) is 0 Å². The van der Waals surface area contributed by atoms with Crippen molar-refractivity contribution in [1.29, 1.82) is 0 Å². The smallest absolute Gasteiger partial charge is 0.248 e. The Hall–Kier alpha value is -2.42. The third kappa shape index (κ3) is 3.78. The second-order valence-electron chi connectivity index (χ2n) is 5.12. The molecule has 108 valence electrons. The number of nitrogens with one attached hydrogen (secondary N) is 1. The van der Waals surface area contributed by atoms with E-state index >= 15 is 0 Å². The molecule has 21 heavy (non-hydrogen) atoms. The number of rotatable bonds is 3. The van der Waals surface area contributed by atoms with Gasteiger partial charge in [-0.2, -0.15) is 0 Å². The molecule has 0 radical (unpaired) electrons. The normalized spacial score (nSPS) is 10.9. The van der Waals surface area contributed by atoms with Gasteiger partial charge in [0.2, 0.25) is 5.91 Å².